The van der Waals surface area contributed by atoms with E-state index >= 15 is 0 Å². The number of aliphatic hydroxyl groups is 1. The van der Waals surface area contributed by atoms with E-state index in [1.54, 1.807) is 18.2 Å². The van der Waals surface area contributed by atoms with Gasteiger partial charge in [0.1, 0.15) is 6.33 Å². The van der Waals surface area contributed by atoms with Gasteiger partial charge < -0.3 is 10.4 Å². The predicted molar refractivity (Wildman–Crippen MR) is 74.9 cm³/mol. The molecule has 1 aliphatic rings. The summed E-state index contributed by atoms with van der Waals surface area (Å²) in [7, 11) is 0. The summed E-state index contributed by atoms with van der Waals surface area (Å²) in [4.78, 5) is 12.2. The summed E-state index contributed by atoms with van der Waals surface area (Å²) in [6.07, 6.45) is 4.53. The van der Waals surface area contributed by atoms with Crippen LogP contribution >= 0.6 is 0 Å². The van der Waals surface area contributed by atoms with E-state index in [9.17, 15) is 9.90 Å². The van der Waals surface area contributed by atoms with Crippen LogP contribution in [0.25, 0.3) is 5.69 Å². The molecule has 0 atom stereocenters. The van der Waals surface area contributed by atoms with Gasteiger partial charge in [0, 0.05) is 17.5 Å². The maximum atomic E-state index is 12.2. The fourth-order valence-corrected chi connectivity index (χ4v) is 2.51. The van der Waals surface area contributed by atoms with Crippen LogP contribution in [0.1, 0.15) is 29.6 Å². The van der Waals surface area contributed by atoms with Gasteiger partial charge in [-0.3, -0.25) is 4.79 Å². The van der Waals surface area contributed by atoms with Crippen molar-refractivity contribution in [2.24, 2.45) is 5.41 Å². The topological polar surface area (TPSA) is 92.9 Å². The molecule has 110 valence electrons. The molecule has 1 saturated carbocycles. The number of amides is 1. The van der Waals surface area contributed by atoms with E-state index < -0.39 is 0 Å². The summed E-state index contributed by atoms with van der Waals surface area (Å²) in [6.45, 7) is 0.634. The number of hydrogen-bond acceptors (Lipinski definition) is 5. The molecule has 1 aromatic carbocycles. The molecule has 21 heavy (non-hydrogen) atoms. The highest BCUT2D eigenvalue weighted by Gasteiger charge is 2.36. The van der Waals surface area contributed by atoms with Crippen LogP contribution in [-0.2, 0) is 0 Å². The molecule has 2 N–H and O–H groups in total. The Morgan fingerprint density at radius 3 is 2.90 bits per heavy atom. The lowest BCUT2D eigenvalue weighted by molar-refractivity contribution is 0.0429. The molecule has 0 aliphatic heterocycles. The number of carbonyl (C=O) groups is 1. The Morgan fingerprint density at radius 1 is 1.43 bits per heavy atom. The zero-order valence-electron chi connectivity index (χ0n) is 11.6. The molecule has 1 aromatic heterocycles. The van der Waals surface area contributed by atoms with E-state index in [2.05, 4.69) is 20.8 Å². The van der Waals surface area contributed by atoms with E-state index in [1.807, 2.05) is 6.07 Å². The van der Waals surface area contributed by atoms with Gasteiger partial charge >= 0.3 is 0 Å². The van der Waals surface area contributed by atoms with Gasteiger partial charge in [-0.1, -0.05) is 12.5 Å². The molecular weight excluding hydrogens is 270 g/mol. The molecule has 0 spiro atoms. The van der Waals surface area contributed by atoms with Crippen LogP contribution in [0.5, 0.6) is 0 Å². The van der Waals surface area contributed by atoms with Crippen molar-refractivity contribution in [3.05, 3.63) is 36.2 Å². The Balaban J connectivity index is 1.69. The quantitative estimate of drug-likeness (QED) is 0.838. The average molecular weight is 287 g/mol. The molecule has 7 nitrogen and oxygen atoms in total. The normalized spacial score (nSPS) is 16.2. The summed E-state index contributed by atoms with van der Waals surface area (Å²) in [5.74, 6) is -0.148. The van der Waals surface area contributed by atoms with Gasteiger partial charge in [0.15, 0.2) is 0 Å². The zero-order valence-corrected chi connectivity index (χ0v) is 11.6. The Labute approximate surface area is 122 Å². The fraction of sp³-hybridized carbons (Fsp3) is 0.429. The first-order valence-electron chi connectivity index (χ1n) is 6.95. The molecule has 7 heteroatoms. The first kappa shape index (κ1) is 13.7. The van der Waals surface area contributed by atoms with Crippen LogP contribution < -0.4 is 5.32 Å². The maximum absolute atomic E-state index is 12.2. The van der Waals surface area contributed by atoms with Crippen LogP contribution in [0.2, 0.25) is 0 Å². The average Bonchev–Trinajstić information content (AvgIpc) is 3.01. The summed E-state index contributed by atoms with van der Waals surface area (Å²) in [5, 5.41) is 23.3. The van der Waals surface area contributed by atoms with Crippen molar-refractivity contribution in [2.45, 2.75) is 19.3 Å². The SMILES string of the molecule is O=C(NCC1(CO)CCC1)c1cccc(-n2cnnn2)c1. The van der Waals surface area contributed by atoms with Gasteiger partial charge in [0.25, 0.3) is 5.91 Å². The summed E-state index contributed by atoms with van der Waals surface area (Å²) in [5.41, 5.74) is 1.16. The second-order valence-electron chi connectivity index (χ2n) is 5.50. The van der Waals surface area contributed by atoms with Gasteiger partial charge in [-0.15, -0.1) is 5.10 Å². The Bertz CT molecular complexity index is 617. The molecule has 0 bridgehead atoms. The Hall–Kier alpha value is -2.28. The first-order valence-corrected chi connectivity index (χ1v) is 6.95. The lowest BCUT2D eigenvalue weighted by Crippen LogP contribution is -2.44. The minimum Gasteiger partial charge on any atom is -0.396 e. The highest BCUT2D eigenvalue weighted by Crippen LogP contribution is 2.39. The fourth-order valence-electron chi connectivity index (χ4n) is 2.51. The van der Waals surface area contributed by atoms with Crippen molar-refractivity contribution < 1.29 is 9.90 Å². The van der Waals surface area contributed by atoms with Crippen molar-refractivity contribution >= 4 is 5.91 Å². The molecular formula is C14H17N5O2. The molecule has 1 fully saturated rings. The van der Waals surface area contributed by atoms with E-state index in [4.69, 9.17) is 0 Å². The Kier molecular flexibility index (Phi) is 3.66. The van der Waals surface area contributed by atoms with Crippen molar-refractivity contribution in [3.8, 4) is 5.69 Å². The van der Waals surface area contributed by atoms with E-state index in [0.717, 1.165) is 24.9 Å². The molecule has 0 unspecified atom stereocenters. The summed E-state index contributed by atoms with van der Waals surface area (Å²) >= 11 is 0. The molecule has 0 saturated heterocycles. The van der Waals surface area contributed by atoms with E-state index in [0.29, 0.717) is 12.1 Å². The third-order valence-corrected chi connectivity index (χ3v) is 4.10. The number of nitrogens with zero attached hydrogens (tertiary/aromatic N) is 4. The standard InChI is InChI=1S/C14H17N5O2/c20-9-14(5-2-6-14)8-15-13(21)11-3-1-4-12(7-11)19-10-16-17-18-19/h1,3-4,7,10,20H,2,5-6,8-9H2,(H,15,21). The van der Waals surface area contributed by atoms with Crippen LogP contribution in [0, 0.1) is 5.41 Å². The van der Waals surface area contributed by atoms with Crippen LogP contribution in [0.4, 0.5) is 0 Å². The monoisotopic (exact) mass is 287 g/mol. The number of tetrazole rings is 1. The van der Waals surface area contributed by atoms with Crippen molar-refractivity contribution in [3.63, 3.8) is 0 Å². The van der Waals surface area contributed by atoms with Gasteiger partial charge in [0.2, 0.25) is 0 Å². The van der Waals surface area contributed by atoms with E-state index in [1.165, 1.54) is 11.0 Å². The Morgan fingerprint density at radius 2 is 2.29 bits per heavy atom. The van der Waals surface area contributed by atoms with Gasteiger partial charge in [-0.05, 0) is 41.5 Å². The lowest BCUT2D eigenvalue weighted by Gasteiger charge is -2.40. The number of carbonyl (C=O) groups excluding carboxylic acids is 1. The van der Waals surface area contributed by atoms with Gasteiger partial charge in [-0.2, -0.15) is 0 Å². The van der Waals surface area contributed by atoms with Gasteiger partial charge in [-0.25, -0.2) is 4.68 Å². The third-order valence-electron chi connectivity index (χ3n) is 4.10. The zero-order chi connectivity index (χ0) is 14.7. The highest BCUT2D eigenvalue weighted by atomic mass is 16.3. The van der Waals surface area contributed by atoms with Crippen LogP contribution in [0.15, 0.2) is 30.6 Å². The molecule has 1 amide bonds. The summed E-state index contributed by atoms with van der Waals surface area (Å²) < 4.78 is 1.50. The van der Waals surface area contributed by atoms with Crippen molar-refractivity contribution in [2.75, 3.05) is 13.2 Å². The van der Waals surface area contributed by atoms with Crippen molar-refractivity contribution in [1.82, 2.24) is 25.5 Å². The number of benzene rings is 1. The second kappa shape index (κ2) is 5.61. The minimum absolute atomic E-state index is 0.122. The van der Waals surface area contributed by atoms with Crippen LogP contribution in [0.3, 0.4) is 0 Å². The molecule has 1 aliphatic carbocycles. The lowest BCUT2D eigenvalue weighted by atomic mass is 9.69. The van der Waals surface area contributed by atoms with Crippen molar-refractivity contribution in [1.29, 1.82) is 0 Å². The third kappa shape index (κ3) is 2.78. The second-order valence-corrected chi connectivity index (χ2v) is 5.50. The number of aliphatic hydroxyl groups excluding tert-OH is 1. The highest BCUT2D eigenvalue weighted by molar-refractivity contribution is 5.94. The largest absolute Gasteiger partial charge is 0.396 e. The number of aromatic nitrogens is 4. The van der Waals surface area contributed by atoms with Crippen LogP contribution in [-0.4, -0.2) is 44.4 Å². The maximum Gasteiger partial charge on any atom is 0.251 e. The minimum atomic E-state index is -0.148. The number of rotatable bonds is 5. The molecule has 3 rings (SSSR count). The van der Waals surface area contributed by atoms with E-state index in [-0.39, 0.29) is 17.9 Å². The number of nitrogens with one attached hydrogen (secondary N) is 1. The number of hydrogen-bond donors (Lipinski definition) is 2. The molecule has 1 heterocycles. The van der Waals surface area contributed by atoms with Gasteiger partial charge in [0.05, 0.1) is 12.3 Å². The molecule has 2 aromatic rings. The smallest absolute Gasteiger partial charge is 0.251 e. The first-order chi connectivity index (χ1) is 10.2. The summed E-state index contributed by atoms with van der Waals surface area (Å²) in [6, 6.07) is 7.10. The predicted octanol–water partition coefficient (Wildman–Crippen LogP) is 0.555. The molecule has 0 radical (unpaired) electrons.